The van der Waals surface area contributed by atoms with Crippen LogP contribution in [0.25, 0.3) is 0 Å². The molecule has 6 nitrogen and oxygen atoms in total. The minimum atomic E-state index is -0.147. The second kappa shape index (κ2) is 6.58. The van der Waals surface area contributed by atoms with Crippen LogP contribution in [0.4, 0.5) is 5.69 Å². The average molecular weight is 343 g/mol. The van der Waals surface area contributed by atoms with Crippen LogP contribution in [0.5, 0.6) is 5.75 Å². The number of benzene rings is 1. The fourth-order valence-electron chi connectivity index (χ4n) is 3.95. The molecule has 4 rings (SSSR count). The van der Waals surface area contributed by atoms with Gasteiger partial charge in [-0.05, 0) is 25.0 Å². The Bertz CT molecular complexity index is 666. The number of ether oxygens (including phenoxy) is 1. The summed E-state index contributed by atoms with van der Waals surface area (Å²) in [6.45, 7) is 3.60. The van der Waals surface area contributed by atoms with Crippen LogP contribution in [0.15, 0.2) is 24.3 Å². The van der Waals surface area contributed by atoms with E-state index >= 15 is 0 Å². The van der Waals surface area contributed by atoms with Crippen molar-refractivity contribution in [1.82, 2.24) is 9.80 Å². The summed E-state index contributed by atoms with van der Waals surface area (Å²) in [4.78, 5) is 31.0. The van der Waals surface area contributed by atoms with Gasteiger partial charge in [-0.15, -0.1) is 0 Å². The highest BCUT2D eigenvalue weighted by Gasteiger charge is 2.43. The molecule has 1 aliphatic carbocycles. The van der Waals surface area contributed by atoms with E-state index < -0.39 is 0 Å². The maximum absolute atomic E-state index is 12.8. The van der Waals surface area contributed by atoms with Crippen LogP contribution in [0.2, 0.25) is 0 Å². The highest BCUT2D eigenvalue weighted by molar-refractivity contribution is 5.89. The monoisotopic (exact) mass is 343 g/mol. The van der Waals surface area contributed by atoms with E-state index in [0.717, 1.165) is 37.4 Å². The Hall–Kier alpha value is -2.24. The third-order valence-electron chi connectivity index (χ3n) is 5.51. The molecule has 134 valence electrons. The van der Waals surface area contributed by atoms with Crippen molar-refractivity contribution in [3.63, 3.8) is 0 Å². The van der Waals surface area contributed by atoms with Crippen molar-refractivity contribution in [3.05, 3.63) is 24.3 Å². The number of rotatable bonds is 4. The molecule has 1 aromatic rings. The van der Waals surface area contributed by atoms with E-state index in [0.29, 0.717) is 32.1 Å². The molecule has 2 aliphatic heterocycles. The van der Waals surface area contributed by atoms with E-state index in [1.54, 1.807) is 7.11 Å². The molecule has 0 N–H and O–H groups in total. The number of piperazine rings is 1. The summed E-state index contributed by atoms with van der Waals surface area (Å²) < 4.78 is 5.44. The second-order valence-electron chi connectivity index (χ2n) is 7.16. The summed E-state index contributed by atoms with van der Waals surface area (Å²) in [5.74, 6) is 1.03. The predicted octanol–water partition coefficient (Wildman–Crippen LogP) is 1.35. The molecule has 0 spiro atoms. The van der Waals surface area contributed by atoms with Crippen LogP contribution >= 0.6 is 0 Å². The third-order valence-corrected chi connectivity index (χ3v) is 5.51. The number of nitrogens with zero attached hydrogens (tertiary/aromatic N) is 3. The first-order valence-electron chi connectivity index (χ1n) is 9.13. The van der Waals surface area contributed by atoms with Crippen molar-refractivity contribution in [3.8, 4) is 5.75 Å². The maximum Gasteiger partial charge on any atom is 0.228 e. The molecule has 0 bridgehead atoms. The Balaban J connectivity index is 1.35. The standard InChI is InChI=1S/C19H25N3O3/c1-25-17-5-3-2-4-16(17)20-8-10-21(11-9-20)19(24)14-12-18(23)22(13-14)15-6-7-15/h2-5,14-15H,6-13H2,1H3/t14-/m0/s1. The van der Waals surface area contributed by atoms with E-state index in [1.807, 2.05) is 28.0 Å². The first-order valence-corrected chi connectivity index (χ1v) is 9.13. The molecule has 0 unspecified atom stereocenters. The highest BCUT2D eigenvalue weighted by atomic mass is 16.5. The van der Waals surface area contributed by atoms with Gasteiger partial charge in [0.05, 0.1) is 18.7 Å². The van der Waals surface area contributed by atoms with Gasteiger partial charge in [-0.1, -0.05) is 12.1 Å². The molecule has 1 aromatic carbocycles. The fourth-order valence-corrected chi connectivity index (χ4v) is 3.95. The molecule has 2 amide bonds. The topological polar surface area (TPSA) is 53.1 Å². The molecule has 0 aromatic heterocycles. The van der Waals surface area contributed by atoms with Gasteiger partial charge in [0.2, 0.25) is 11.8 Å². The van der Waals surface area contributed by atoms with Crippen molar-refractivity contribution in [2.45, 2.75) is 25.3 Å². The third kappa shape index (κ3) is 3.17. The molecule has 1 saturated carbocycles. The van der Waals surface area contributed by atoms with Crippen molar-refractivity contribution in [2.75, 3.05) is 44.7 Å². The smallest absolute Gasteiger partial charge is 0.228 e. The summed E-state index contributed by atoms with van der Waals surface area (Å²) >= 11 is 0. The zero-order valence-electron chi connectivity index (χ0n) is 14.7. The van der Waals surface area contributed by atoms with Gasteiger partial charge >= 0.3 is 0 Å². The molecule has 6 heteroatoms. The zero-order chi connectivity index (χ0) is 17.4. The quantitative estimate of drug-likeness (QED) is 0.828. The molecule has 3 aliphatic rings. The average Bonchev–Trinajstić information content (AvgIpc) is 3.43. The Morgan fingerprint density at radius 1 is 1.12 bits per heavy atom. The molecule has 1 atom stereocenters. The zero-order valence-corrected chi connectivity index (χ0v) is 14.7. The van der Waals surface area contributed by atoms with Crippen LogP contribution in [0.1, 0.15) is 19.3 Å². The molecule has 2 heterocycles. The van der Waals surface area contributed by atoms with Crippen LogP contribution in [-0.4, -0.2) is 67.5 Å². The lowest BCUT2D eigenvalue weighted by Gasteiger charge is -2.37. The van der Waals surface area contributed by atoms with Gasteiger partial charge in [-0.2, -0.15) is 0 Å². The number of carbonyl (C=O) groups is 2. The fraction of sp³-hybridized carbons (Fsp3) is 0.579. The number of anilines is 1. The van der Waals surface area contributed by atoms with Gasteiger partial charge < -0.3 is 19.4 Å². The Morgan fingerprint density at radius 3 is 2.52 bits per heavy atom. The van der Waals surface area contributed by atoms with E-state index in [4.69, 9.17) is 4.74 Å². The lowest BCUT2D eigenvalue weighted by atomic mass is 10.1. The maximum atomic E-state index is 12.8. The van der Waals surface area contributed by atoms with Gasteiger partial charge in [0, 0.05) is 45.2 Å². The van der Waals surface area contributed by atoms with Crippen LogP contribution in [0.3, 0.4) is 0 Å². The summed E-state index contributed by atoms with van der Waals surface area (Å²) in [7, 11) is 1.68. The van der Waals surface area contributed by atoms with Crippen molar-refractivity contribution in [2.24, 2.45) is 5.92 Å². The Labute approximate surface area is 148 Å². The lowest BCUT2D eigenvalue weighted by molar-refractivity contribution is -0.136. The number of hydrogen-bond acceptors (Lipinski definition) is 4. The normalized spacial score (nSPS) is 24.0. The highest BCUT2D eigenvalue weighted by Crippen LogP contribution is 2.33. The van der Waals surface area contributed by atoms with E-state index in [-0.39, 0.29) is 17.7 Å². The molecule has 25 heavy (non-hydrogen) atoms. The van der Waals surface area contributed by atoms with Crippen LogP contribution in [-0.2, 0) is 9.59 Å². The lowest BCUT2D eigenvalue weighted by Crippen LogP contribution is -2.50. The van der Waals surface area contributed by atoms with Crippen molar-refractivity contribution < 1.29 is 14.3 Å². The Kier molecular flexibility index (Phi) is 4.27. The van der Waals surface area contributed by atoms with Crippen molar-refractivity contribution in [1.29, 1.82) is 0 Å². The summed E-state index contributed by atoms with van der Waals surface area (Å²) in [5, 5.41) is 0. The predicted molar refractivity (Wildman–Crippen MR) is 94.6 cm³/mol. The number of likely N-dealkylation sites (tertiary alicyclic amines) is 1. The summed E-state index contributed by atoms with van der Waals surface area (Å²) in [6, 6.07) is 8.40. The van der Waals surface area contributed by atoms with Crippen molar-refractivity contribution >= 4 is 17.5 Å². The van der Waals surface area contributed by atoms with E-state index in [2.05, 4.69) is 11.0 Å². The largest absolute Gasteiger partial charge is 0.495 e. The minimum Gasteiger partial charge on any atom is -0.495 e. The van der Waals surface area contributed by atoms with Gasteiger partial charge in [0.15, 0.2) is 0 Å². The minimum absolute atomic E-state index is 0.147. The molecular formula is C19H25N3O3. The summed E-state index contributed by atoms with van der Waals surface area (Å²) in [5.41, 5.74) is 1.08. The number of para-hydroxylation sites is 2. The number of carbonyl (C=O) groups excluding carboxylic acids is 2. The number of methoxy groups -OCH3 is 1. The summed E-state index contributed by atoms with van der Waals surface area (Å²) in [6.07, 6.45) is 2.59. The van der Waals surface area contributed by atoms with Gasteiger partial charge in [-0.3, -0.25) is 9.59 Å². The van der Waals surface area contributed by atoms with Gasteiger partial charge in [0.25, 0.3) is 0 Å². The second-order valence-corrected chi connectivity index (χ2v) is 7.16. The number of amides is 2. The molecule has 3 fully saturated rings. The molecular weight excluding hydrogens is 318 g/mol. The Morgan fingerprint density at radius 2 is 1.84 bits per heavy atom. The van der Waals surface area contributed by atoms with Crippen LogP contribution in [0, 0.1) is 5.92 Å². The van der Waals surface area contributed by atoms with Crippen LogP contribution < -0.4 is 9.64 Å². The van der Waals surface area contributed by atoms with E-state index in [1.165, 1.54) is 0 Å². The first-order chi connectivity index (χ1) is 12.2. The SMILES string of the molecule is COc1ccccc1N1CCN(C(=O)[C@H]2CC(=O)N(C3CC3)C2)CC1. The van der Waals surface area contributed by atoms with Gasteiger partial charge in [0.1, 0.15) is 5.75 Å². The number of hydrogen-bond donors (Lipinski definition) is 0. The first kappa shape index (κ1) is 16.2. The van der Waals surface area contributed by atoms with E-state index in [9.17, 15) is 9.59 Å². The molecule has 0 radical (unpaired) electrons. The molecule has 2 saturated heterocycles. The van der Waals surface area contributed by atoms with Gasteiger partial charge in [-0.25, -0.2) is 0 Å².